The van der Waals surface area contributed by atoms with E-state index in [-0.39, 0.29) is 23.0 Å². The summed E-state index contributed by atoms with van der Waals surface area (Å²) in [4.78, 5) is 33.1. The Bertz CT molecular complexity index is 1100. The largest absolute Gasteiger partial charge is 0.444 e. The van der Waals surface area contributed by atoms with E-state index in [0.29, 0.717) is 37.1 Å². The summed E-state index contributed by atoms with van der Waals surface area (Å²) in [5.74, 6) is 0.00863. The number of hydrogen-bond donors (Lipinski definition) is 3. The second-order valence-electron chi connectivity index (χ2n) is 7.56. The van der Waals surface area contributed by atoms with Gasteiger partial charge in [-0.1, -0.05) is 6.92 Å². The first kappa shape index (κ1) is 21.5. The first-order valence-corrected chi connectivity index (χ1v) is 10.5. The number of carbonyl (C=O) groups is 2. The summed E-state index contributed by atoms with van der Waals surface area (Å²) in [6, 6.07) is 3.54. The van der Waals surface area contributed by atoms with Crippen LogP contribution in [0.4, 0.5) is 11.5 Å². The van der Waals surface area contributed by atoms with Crippen LogP contribution in [0.2, 0.25) is 0 Å². The number of aromatic nitrogens is 4. The van der Waals surface area contributed by atoms with Crippen LogP contribution < -0.4 is 16.4 Å². The van der Waals surface area contributed by atoms with Gasteiger partial charge in [0.2, 0.25) is 5.89 Å². The summed E-state index contributed by atoms with van der Waals surface area (Å²) in [6.07, 6.45) is 6.37. The number of hydrogen-bond acceptors (Lipinski definition) is 8. The molecule has 1 fully saturated rings. The minimum Gasteiger partial charge on any atom is -0.444 e. The third-order valence-corrected chi connectivity index (χ3v) is 5.01. The van der Waals surface area contributed by atoms with Crippen LogP contribution in [0.15, 0.2) is 35.2 Å². The lowest BCUT2D eigenvalue weighted by Crippen LogP contribution is -2.18. The predicted molar refractivity (Wildman–Crippen MR) is 116 cm³/mol. The molecule has 1 aliphatic rings. The SMILES string of the molecule is CCCNc1cc(-c2nc(C(=O)Nc3cn(C[C@@H]4CCOC4)nc3C(N)=O)co2)ccn1. The Labute approximate surface area is 184 Å². The molecule has 2 amide bonds. The summed E-state index contributed by atoms with van der Waals surface area (Å²) in [7, 11) is 0. The van der Waals surface area contributed by atoms with Gasteiger partial charge in [0.15, 0.2) is 11.4 Å². The zero-order chi connectivity index (χ0) is 22.5. The molecule has 0 aliphatic carbocycles. The van der Waals surface area contributed by atoms with Gasteiger partial charge < -0.3 is 25.5 Å². The number of nitrogens with one attached hydrogen (secondary N) is 2. The molecule has 0 bridgehead atoms. The number of oxazole rings is 1. The average molecular weight is 439 g/mol. The molecule has 0 aromatic carbocycles. The second-order valence-corrected chi connectivity index (χ2v) is 7.56. The van der Waals surface area contributed by atoms with Crippen LogP contribution in [0.1, 0.15) is 40.7 Å². The predicted octanol–water partition coefficient (Wildman–Crippen LogP) is 2.14. The van der Waals surface area contributed by atoms with E-state index in [2.05, 4.69) is 32.6 Å². The third-order valence-electron chi connectivity index (χ3n) is 5.01. The summed E-state index contributed by atoms with van der Waals surface area (Å²) < 4.78 is 12.5. The van der Waals surface area contributed by atoms with Gasteiger partial charge >= 0.3 is 0 Å². The van der Waals surface area contributed by atoms with Gasteiger partial charge in [-0.2, -0.15) is 5.10 Å². The quantitative estimate of drug-likeness (QED) is 0.459. The Morgan fingerprint density at radius 2 is 2.25 bits per heavy atom. The fraction of sp³-hybridized carbons (Fsp3) is 0.381. The fourth-order valence-corrected chi connectivity index (χ4v) is 3.39. The molecule has 1 atom stereocenters. The van der Waals surface area contributed by atoms with Crippen molar-refractivity contribution in [2.75, 3.05) is 30.4 Å². The molecule has 168 valence electrons. The maximum Gasteiger partial charge on any atom is 0.277 e. The number of carbonyl (C=O) groups excluding carboxylic acids is 2. The molecular formula is C21H25N7O4. The fourth-order valence-electron chi connectivity index (χ4n) is 3.39. The van der Waals surface area contributed by atoms with Crippen molar-refractivity contribution in [1.29, 1.82) is 0 Å². The van der Waals surface area contributed by atoms with Gasteiger partial charge in [-0.15, -0.1) is 0 Å². The normalized spacial score (nSPS) is 15.6. The molecule has 1 aliphatic heterocycles. The highest BCUT2D eigenvalue weighted by Crippen LogP contribution is 2.22. The van der Waals surface area contributed by atoms with Crippen molar-refractivity contribution >= 4 is 23.3 Å². The molecule has 3 aromatic rings. The summed E-state index contributed by atoms with van der Waals surface area (Å²) in [5, 5.41) is 10.1. The highest BCUT2D eigenvalue weighted by atomic mass is 16.5. The van der Waals surface area contributed by atoms with E-state index in [1.54, 1.807) is 29.2 Å². The maximum atomic E-state index is 12.7. The minimum atomic E-state index is -0.730. The Balaban J connectivity index is 1.48. The summed E-state index contributed by atoms with van der Waals surface area (Å²) in [6.45, 7) is 4.77. The van der Waals surface area contributed by atoms with E-state index in [9.17, 15) is 9.59 Å². The van der Waals surface area contributed by atoms with Crippen LogP contribution in [0.25, 0.3) is 11.5 Å². The zero-order valence-electron chi connectivity index (χ0n) is 17.7. The van der Waals surface area contributed by atoms with Crippen LogP contribution in [0, 0.1) is 5.92 Å². The number of nitrogens with two attached hydrogens (primary N) is 1. The number of anilines is 2. The summed E-state index contributed by atoms with van der Waals surface area (Å²) >= 11 is 0. The molecule has 4 N–H and O–H groups in total. The van der Waals surface area contributed by atoms with Crippen molar-refractivity contribution < 1.29 is 18.7 Å². The van der Waals surface area contributed by atoms with Crippen LogP contribution >= 0.6 is 0 Å². The molecule has 0 radical (unpaired) electrons. The van der Waals surface area contributed by atoms with Crippen LogP contribution in [0.5, 0.6) is 0 Å². The van der Waals surface area contributed by atoms with Crippen molar-refractivity contribution in [2.45, 2.75) is 26.3 Å². The van der Waals surface area contributed by atoms with Gasteiger partial charge in [-0.3, -0.25) is 14.3 Å². The Kier molecular flexibility index (Phi) is 6.45. The lowest BCUT2D eigenvalue weighted by atomic mass is 10.1. The lowest BCUT2D eigenvalue weighted by molar-refractivity contribution is 0.0995. The van der Waals surface area contributed by atoms with Gasteiger partial charge in [-0.05, 0) is 25.0 Å². The van der Waals surface area contributed by atoms with Crippen molar-refractivity contribution in [1.82, 2.24) is 19.7 Å². The van der Waals surface area contributed by atoms with Crippen LogP contribution in [-0.2, 0) is 11.3 Å². The average Bonchev–Trinajstić information content (AvgIpc) is 3.54. The molecule has 0 spiro atoms. The Hall–Kier alpha value is -3.73. The van der Waals surface area contributed by atoms with Crippen LogP contribution in [-0.4, -0.2) is 51.3 Å². The third kappa shape index (κ3) is 4.94. The first-order valence-electron chi connectivity index (χ1n) is 10.5. The van der Waals surface area contributed by atoms with Crippen molar-refractivity contribution in [3.8, 4) is 11.5 Å². The molecule has 1 saturated heterocycles. The smallest absolute Gasteiger partial charge is 0.277 e. The highest BCUT2D eigenvalue weighted by Gasteiger charge is 2.22. The molecule has 11 nitrogen and oxygen atoms in total. The number of nitrogens with zero attached hydrogens (tertiary/aromatic N) is 4. The molecule has 4 heterocycles. The Morgan fingerprint density at radius 1 is 1.38 bits per heavy atom. The molecule has 4 rings (SSSR count). The molecule has 3 aromatic heterocycles. The van der Waals surface area contributed by atoms with E-state index in [0.717, 1.165) is 19.4 Å². The molecule has 11 heteroatoms. The molecule has 0 unspecified atom stereocenters. The van der Waals surface area contributed by atoms with Gasteiger partial charge in [0, 0.05) is 43.6 Å². The molecular weight excluding hydrogens is 414 g/mol. The summed E-state index contributed by atoms with van der Waals surface area (Å²) in [5.41, 5.74) is 6.40. The van der Waals surface area contributed by atoms with E-state index >= 15 is 0 Å². The Morgan fingerprint density at radius 3 is 3.00 bits per heavy atom. The van der Waals surface area contributed by atoms with Gasteiger partial charge in [0.1, 0.15) is 12.1 Å². The van der Waals surface area contributed by atoms with Crippen molar-refractivity contribution in [3.05, 3.63) is 42.2 Å². The van der Waals surface area contributed by atoms with Crippen LogP contribution in [0.3, 0.4) is 0 Å². The number of amides is 2. The number of pyridine rings is 1. The second kappa shape index (κ2) is 9.60. The maximum absolute atomic E-state index is 12.7. The topological polar surface area (TPSA) is 150 Å². The lowest BCUT2D eigenvalue weighted by Gasteiger charge is -2.06. The van der Waals surface area contributed by atoms with Crippen molar-refractivity contribution in [2.24, 2.45) is 11.7 Å². The molecule has 0 saturated carbocycles. The van der Waals surface area contributed by atoms with Gasteiger partial charge in [0.05, 0.1) is 12.3 Å². The zero-order valence-corrected chi connectivity index (χ0v) is 17.7. The van der Waals surface area contributed by atoms with Gasteiger partial charge in [-0.25, -0.2) is 9.97 Å². The number of ether oxygens (including phenoxy) is 1. The molecule has 32 heavy (non-hydrogen) atoms. The monoisotopic (exact) mass is 439 g/mol. The number of rotatable bonds is 9. The minimum absolute atomic E-state index is 0.0123. The highest BCUT2D eigenvalue weighted by molar-refractivity contribution is 6.07. The van der Waals surface area contributed by atoms with E-state index in [1.165, 1.54) is 6.26 Å². The van der Waals surface area contributed by atoms with Gasteiger partial charge in [0.25, 0.3) is 11.8 Å². The van der Waals surface area contributed by atoms with E-state index in [1.807, 2.05) is 0 Å². The van der Waals surface area contributed by atoms with E-state index in [4.69, 9.17) is 14.9 Å². The van der Waals surface area contributed by atoms with E-state index < -0.39 is 11.8 Å². The number of primary amides is 1. The van der Waals surface area contributed by atoms with Crippen molar-refractivity contribution in [3.63, 3.8) is 0 Å². The first-order chi connectivity index (χ1) is 15.5. The standard InChI is InChI=1S/C21H25N7O4/c1-2-5-23-17-8-14(3-6-24-17)21-26-16(12-32-21)20(30)25-15-10-28(27-18(15)19(22)29)9-13-4-7-31-11-13/h3,6,8,10,12-13H,2,4-5,7,9,11H2,1H3,(H2,22,29)(H,23,24)(H,25,30)/t13-/m0/s1.